The van der Waals surface area contributed by atoms with Gasteiger partial charge in [-0.15, -0.1) is 0 Å². The molecular formula is C17H18BrNO3. The minimum Gasteiger partial charge on any atom is -0.445 e. The summed E-state index contributed by atoms with van der Waals surface area (Å²) in [4.78, 5) is 11.7. The molecule has 1 atom stereocenters. The highest BCUT2D eigenvalue weighted by Crippen LogP contribution is 2.21. The van der Waals surface area contributed by atoms with Gasteiger partial charge in [0.1, 0.15) is 12.2 Å². The fraction of sp³-hybridized carbons (Fsp3) is 0.235. The van der Waals surface area contributed by atoms with Crippen molar-refractivity contribution >= 4 is 22.0 Å². The minimum atomic E-state index is -1.16. The van der Waals surface area contributed by atoms with Crippen LogP contribution in [0.3, 0.4) is 0 Å². The molecule has 0 saturated heterocycles. The number of carbonyl (C=O) groups excluding carboxylic acids is 1. The number of ether oxygens (including phenoxy) is 1. The highest BCUT2D eigenvalue weighted by molar-refractivity contribution is 9.10. The largest absolute Gasteiger partial charge is 0.445 e. The second-order valence-corrected chi connectivity index (χ2v) is 6.11. The predicted octanol–water partition coefficient (Wildman–Crippen LogP) is 3.58. The van der Waals surface area contributed by atoms with E-state index in [-0.39, 0.29) is 13.2 Å². The number of rotatable bonds is 5. The van der Waals surface area contributed by atoms with Crippen LogP contribution < -0.4 is 5.32 Å². The Hall–Kier alpha value is -1.85. The quantitative estimate of drug-likeness (QED) is 0.853. The number of nitrogens with one attached hydrogen (secondary N) is 1. The van der Waals surface area contributed by atoms with Crippen molar-refractivity contribution in [3.8, 4) is 0 Å². The van der Waals surface area contributed by atoms with E-state index in [1.54, 1.807) is 19.1 Å². The molecule has 2 aromatic carbocycles. The summed E-state index contributed by atoms with van der Waals surface area (Å²) >= 11 is 3.35. The van der Waals surface area contributed by atoms with E-state index in [0.29, 0.717) is 0 Å². The molecule has 1 unspecified atom stereocenters. The van der Waals surface area contributed by atoms with E-state index in [9.17, 15) is 9.90 Å². The Kier molecular flexibility index (Phi) is 5.57. The maximum absolute atomic E-state index is 11.7. The molecular weight excluding hydrogens is 346 g/mol. The van der Waals surface area contributed by atoms with Crippen LogP contribution in [0.15, 0.2) is 59.1 Å². The molecule has 0 radical (unpaired) electrons. The Balaban J connectivity index is 1.83. The molecule has 2 rings (SSSR count). The van der Waals surface area contributed by atoms with Crippen LogP contribution in [0, 0.1) is 0 Å². The lowest BCUT2D eigenvalue weighted by molar-refractivity contribution is 0.0529. The average molecular weight is 364 g/mol. The number of amides is 1. The van der Waals surface area contributed by atoms with Crippen LogP contribution in [0.25, 0.3) is 0 Å². The number of benzene rings is 2. The van der Waals surface area contributed by atoms with Crippen LogP contribution in [-0.4, -0.2) is 17.7 Å². The van der Waals surface area contributed by atoms with Crippen LogP contribution in [0.1, 0.15) is 18.1 Å². The van der Waals surface area contributed by atoms with Gasteiger partial charge in [-0.2, -0.15) is 0 Å². The maximum atomic E-state index is 11.7. The first-order valence-corrected chi connectivity index (χ1v) is 7.70. The van der Waals surface area contributed by atoms with Gasteiger partial charge in [0.2, 0.25) is 0 Å². The maximum Gasteiger partial charge on any atom is 0.407 e. The van der Waals surface area contributed by atoms with Crippen LogP contribution >= 0.6 is 15.9 Å². The molecule has 0 fully saturated rings. The number of halogens is 1. The fourth-order valence-corrected chi connectivity index (χ4v) is 2.19. The van der Waals surface area contributed by atoms with Gasteiger partial charge in [-0.3, -0.25) is 0 Å². The third-order valence-corrected chi connectivity index (χ3v) is 3.78. The topological polar surface area (TPSA) is 58.6 Å². The van der Waals surface area contributed by atoms with Crippen molar-refractivity contribution in [1.29, 1.82) is 0 Å². The monoisotopic (exact) mass is 363 g/mol. The molecule has 0 aliphatic heterocycles. The van der Waals surface area contributed by atoms with Crippen molar-refractivity contribution in [3.63, 3.8) is 0 Å². The summed E-state index contributed by atoms with van der Waals surface area (Å²) in [7, 11) is 0. The molecule has 0 saturated carbocycles. The number of hydrogen-bond acceptors (Lipinski definition) is 3. The highest BCUT2D eigenvalue weighted by Gasteiger charge is 2.24. The first kappa shape index (κ1) is 16.5. The van der Waals surface area contributed by atoms with Gasteiger partial charge in [-0.1, -0.05) is 58.4 Å². The van der Waals surface area contributed by atoms with Gasteiger partial charge in [0.05, 0.1) is 6.54 Å². The molecule has 0 spiro atoms. The van der Waals surface area contributed by atoms with Crippen LogP contribution in [-0.2, 0) is 16.9 Å². The van der Waals surface area contributed by atoms with Crippen LogP contribution in [0.4, 0.5) is 4.79 Å². The molecule has 0 aliphatic rings. The number of alkyl carbamates (subject to hydrolysis) is 1. The Labute approximate surface area is 138 Å². The average Bonchev–Trinajstić information content (AvgIpc) is 2.52. The summed E-state index contributed by atoms with van der Waals surface area (Å²) in [6.07, 6.45) is -0.554. The van der Waals surface area contributed by atoms with Gasteiger partial charge >= 0.3 is 6.09 Å². The number of hydrogen-bond donors (Lipinski definition) is 2. The Morgan fingerprint density at radius 3 is 2.45 bits per heavy atom. The van der Waals surface area contributed by atoms with Crippen molar-refractivity contribution in [3.05, 3.63) is 70.2 Å². The number of aliphatic hydroxyl groups is 1. The van der Waals surface area contributed by atoms with Crippen molar-refractivity contribution in [1.82, 2.24) is 5.32 Å². The van der Waals surface area contributed by atoms with Crippen molar-refractivity contribution in [2.75, 3.05) is 6.54 Å². The first-order chi connectivity index (χ1) is 10.5. The summed E-state index contributed by atoms with van der Waals surface area (Å²) in [6, 6.07) is 16.7. The fourth-order valence-electron chi connectivity index (χ4n) is 1.93. The van der Waals surface area contributed by atoms with Crippen molar-refractivity contribution in [2.45, 2.75) is 19.1 Å². The standard InChI is InChI=1S/C17H18BrNO3/c1-17(21,14-7-9-15(18)10-8-14)12-19-16(20)22-11-13-5-3-2-4-6-13/h2-10,21H,11-12H2,1H3,(H,19,20). The molecule has 0 heterocycles. The van der Waals surface area contributed by atoms with Gasteiger partial charge in [-0.25, -0.2) is 4.79 Å². The van der Waals surface area contributed by atoms with E-state index in [1.807, 2.05) is 42.5 Å². The molecule has 2 aromatic rings. The van der Waals surface area contributed by atoms with Crippen molar-refractivity contribution in [2.24, 2.45) is 0 Å². The second-order valence-electron chi connectivity index (χ2n) is 5.20. The zero-order valence-corrected chi connectivity index (χ0v) is 13.8. The zero-order valence-electron chi connectivity index (χ0n) is 12.3. The summed E-state index contributed by atoms with van der Waals surface area (Å²) in [6.45, 7) is 1.92. The van der Waals surface area contributed by atoms with Crippen LogP contribution in [0.5, 0.6) is 0 Å². The normalized spacial score (nSPS) is 13.2. The molecule has 1 amide bonds. The molecule has 2 N–H and O–H groups in total. The molecule has 4 nitrogen and oxygen atoms in total. The van der Waals surface area contributed by atoms with Crippen molar-refractivity contribution < 1.29 is 14.6 Å². The lowest BCUT2D eigenvalue weighted by Crippen LogP contribution is -2.38. The van der Waals surface area contributed by atoms with Gasteiger partial charge in [-0.05, 0) is 30.2 Å². The molecule has 0 bridgehead atoms. The molecule has 22 heavy (non-hydrogen) atoms. The third kappa shape index (κ3) is 4.86. The Morgan fingerprint density at radius 2 is 1.82 bits per heavy atom. The summed E-state index contributed by atoms with van der Waals surface area (Å²) in [5, 5.41) is 13.0. The SMILES string of the molecule is CC(O)(CNC(=O)OCc1ccccc1)c1ccc(Br)cc1. The van der Waals surface area contributed by atoms with Gasteiger partial charge in [0.15, 0.2) is 0 Å². The highest BCUT2D eigenvalue weighted by atomic mass is 79.9. The Morgan fingerprint density at radius 1 is 1.18 bits per heavy atom. The van der Waals surface area contributed by atoms with Gasteiger partial charge in [0.25, 0.3) is 0 Å². The van der Waals surface area contributed by atoms with E-state index in [0.717, 1.165) is 15.6 Å². The van der Waals surface area contributed by atoms with E-state index in [4.69, 9.17) is 4.74 Å². The summed E-state index contributed by atoms with van der Waals surface area (Å²) in [5.41, 5.74) is 0.475. The summed E-state index contributed by atoms with van der Waals surface area (Å²) < 4.78 is 6.04. The molecule has 116 valence electrons. The van der Waals surface area contributed by atoms with E-state index in [1.165, 1.54) is 0 Å². The van der Waals surface area contributed by atoms with E-state index < -0.39 is 11.7 Å². The van der Waals surface area contributed by atoms with Crippen LogP contribution in [0.2, 0.25) is 0 Å². The minimum absolute atomic E-state index is 0.0717. The smallest absolute Gasteiger partial charge is 0.407 e. The van der Waals surface area contributed by atoms with E-state index >= 15 is 0 Å². The van der Waals surface area contributed by atoms with Gasteiger partial charge < -0.3 is 15.2 Å². The molecule has 5 heteroatoms. The predicted molar refractivity (Wildman–Crippen MR) is 88.3 cm³/mol. The third-order valence-electron chi connectivity index (χ3n) is 3.26. The molecule has 0 aliphatic carbocycles. The Bertz CT molecular complexity index is 612. The second kappa shape index (κ2) is 7.42. The number of carbonyl (C=O) groups is 1. The van der Waals surface area contributed by atoms with Gasteiger partial charge in [0, 0.05) is 4.47 Å². The zero-order chi connectivity index (χ0) is 16.0. The lowest BCUT2D eigenvalue weighted by atomic mass is 9.96. The lowest BCUT2D eigenvalue weighted by Gasteiger charge is -2.24. The summed E-state index contributed by atoms with van der Waals surface area (Å²) in [5.74, 6) is 0. The molecule has 0 aromatic heterocycles. The van der Waals surface area contributed by atoms with E-state index in [2.05, 4.69) is 21.2 Å². The first-order valence-electron chi connectivity index (χ1n) is 6.90.